The molecule has 8 heteroatoms. The highest BCUT2D eigenvalue weighted by Gasteiger charge is 2.32. The summed E-state index contributed by atoms with van der Waals surface area (Å²) in [5.74, 6) is -0.313. The molecule has 0 aliphatic carbocycles. The van der Waals surface area contributed by atoms with Crippen molar-refractivity contribution in [2.24, 2.45) is 0 Å². The van der Waals surface area contributed by atoms with Crippen molar-refractivity contribution in [1.82, 2.24) is 4.90 Å². The van der Waals surface area contributed by atoms with Crippen LogP contribution in [0.4, 0.5) is 14.9 Å². The number of halogens is 2. The van der Waals surface area contributed by atoms with E-state index in [9.17, 15) is 14.0 Å². The fourth-order valence-electron chi connectivity index (χ4n) is 1.83. The lowest BCUT2D eigenvalue weighted by Gasteiger charge is -2.32. The van der Waals surface area contributed by atoms with Gasteiger partial charge in [0.1, 0.15) is 11.9 Å². The maximum atomic E-state index is 13.0. The van der Waals surface area contributed by atoms with E-state index in [-0.39, 0.29) is 5.82 Å². The summed E-state index contributed by atoms with van der Waals surface area (Å²) in [6.45, 7) is 0.380. The van der Waals surface area contributed by atoms with Crippen LogP contribution in [0.25, 0.3) is 0 Å². The Kier molecular flexibility index (Phi) is 5.08. The maximum Gasteiger partial charge on any atom is 0.327 e. The molecule has 1 aromatic carbocycles. The van der Waals surface area contributed by atoms with Crippen molar-refractivity contribution in [3.8, 4) is 0 Å². The van der Waals surface area contributed by atoms with Crippen LogP contribution in [0.1, 0.15) is 0 Å². The summed E-state index contributed by atoms with van der Waals surface area (Å²) >= 11 is 3.43. The van der Waals surface area contributed by atoms with Crippen LogP contribution in [-0.2, 0) is 4.79 Å². The number of urea groups is 1. The molecule has 2 N–H and O–H groups in total. The van der Waals surface area contributed by atoms with Crippen LogP contribution >= 0.6 is 34.4 Å². The molecule has 0 aromatic heterocycles. The van der Waals surface area contributed by atoms with Gasteiger partial charge in [0, 0.05) is 21.6 Å². The molecule has 2 amide bonds. The number of nitrogens with zero attached hydrogens (tertiary/aromatic N) is 1. The minimum absolute atomic E-state index is 0.378. The van der Waals surface area contributed by atoms with E-state index < -0.39 is 18.0 Å². The predicted molar refractivity (Wildman–Crippen MR) is 83.6 cm³/mol. The second kappa shape index (κ2) is 6.61. The van der Waals surface area contributed by atoms with E-state index in [2.05, 4.69) is 5.32 Å². The number of carbonyl (C=O) groups is 2. The molecule has 1 fully saturated rings. The topological polar surface area (TPSA) is 69.6 Å². The third-order valence-corrected chi connectivity index (χ3v) is 4.76. The van der Waals surface area contributed by atoms with Gasteiger partial charge in [-0.05, 0) is 40.8 Å². The third-order valence-electron chi connectivity index (χ3n) is 2.85. The van der Waals surface area contributed by atoms with E-state index in [0.29, 0.717) is 27.3 Å². The quantitative estimate of drug-likeness (QED) is 0.736. The van der Waals surface area contributed by atoms with Crippen LogP contribution in [0.5, 0.6) is 0 Å². The number of aliphatic carboxylic acids is 1. The summed E-state index contributed by atoms with van der Waals surface area (Å²) in [5.41, 5.74) is 0.472. The SMILES string of the molecule is O=C(O)C1CSCCN1C(=O)Nc1ccc(F)cc1I. The van der Waals surface area contributed by atoms with E-state index in [1.165, 1.54) is 34.9 Å². The summed E-state index contributed by atoms with van der Waals surface area (Å²) in [6, 6.07) is 2.72. The number of benzene rings is 1. The second-order valence-electron chi connectivity index (χ2n) is 4.18. The Morgan fingerprint density at radius 2 is 2.25 bits per heavy atom. The summed E-state index contributed by atoms with van der Waals surface area (Å²) in [5, 5.41) is 11.8. The number of hydrogen-bond donors (Lipinski definition) is 2. The Morgan fingerprint density at radius 3 is 2.90 bits per heavy atom. The highest BCUT2D eigenvalue weighted by Crippen LogP contribution is 2.22. The molecule has 108 valence electrons. The monoisotopic (exact) mass is 410 g/mol. The van der Waals surface area contributed by atoms with Crippen molar-refractivity contribution in [2.45, 2.75) is 6.04 Å². The van der Waals surface area contributed by atoms with E-state index >= 15 is 0 Å². The first-order chi connectivity index (χ1) is 9.49. The molecule has 1 atom stereocenters. The zero-order chi connectivity index (χ0) is 14.7. The van der Waals surface area contributed by atoms with Crippen LogP contribution in [0.3, 0.4) is 0 Å². The molecule has 0 bridgehead atoms. The molecule has 0 saturated carbocycles. The number of anilines is 1. The first kappa shape index (κ1) is 15.4. The van der Waals surface area contributed by atoms with Crippen LogP contribution in [0, 0.1) is 9.39 Å². The van der Waals surface area contributed by atoms with Crippen molar-refractivity contribution < 1.29 is 19.1 Å². The molecule has 1 saturated heterocycles. The Balaban J connectivity index is 2.12. The first-order valence-electron chi connectivity index (χ1n) is 5.82. The van der Waals surface area contributed by atoms with Crippen molar-refractivity contribution >= 4 is 52.0 Å². The summed E-state index contributed by atoms with van der Waals surface area (Å²) in [6.07, 6.45) is 0. The molecule has 1 aromatic rings. The van der Waals surface area contributed by atoms with Gasteiger partial charge in [-0.2, -0.15) is 11.8 Å². The number of hydrogen-bond acceptors (Lipinski definition) is 3. The van der Waals surface area contributed by atoms with Gasteiger partial charge in [-0.3, -0.25) is 0 Å². The van der Waals surface area contributed by atoms with Crippen molar-refractivity contribution in [2.75, 3.05) is 23.4 Å². The minimum atomic E-state index is -1.01. The molecular formula is C12H12FIN2O3S. The molecule has 2 rings (SSSR count). The fourth-order valence-corrected chi connectivity index (χ4v) is 3.48. The van der Waals surface area contributed by atoms with Gasteiger partial charge in [0.05, 0.1) is 5.69 Å². The molecule has 0 spiro atoms. The molecular weight excluding hydrogens is 398 g/mol. The lowest BCUT2D eigenvalue weighted by Crippen LogP contribution is -2.51. The Morgan fingerprint density at radius 1 is 1.50 bits per heavy atom. The van der Waals surface area contributed by atoms with Crippen LogP contribution in [0.15, 0.2) is 18.2 Å². The number of carbonyl (C=O) groups excluding carboxylic acids is 1. The number of nitrogens with one attached hydrogen (secondary N) is 1. The number of rotatable bonds is 2. The highest BCUT2D eigenvalue weighted by atomic mass is 127. The van der Waals surface area contributed by atoms with E-state index in [0.717, 1.165) is 0 Å². The predicted octanol–water partition coefficient (Wildman–Crippen LogP) is 2.46. The van der Waals surface area contributed by atoms with Gasteiger partial charge in [0.25, 0.3) is 0 Å². The molecule has 20 heavy (non-hydrogen) atoms. The van der Waals surface area contributed by atoms with E-state index in [4.69, 9.17) is 5.11 Å². The van der Waals surface area contributed by atoms with Crippen LogP contribution in [0.2, 0.25) is 0 Å². The largest absolute Gasteiger partial charge is 0.480 e. The summed E-state index contributed by atoms with van der Waals surface area (Å²) in [7, 11) is 0. The Bertz CT molecular complexity index is 543. The van der Waals surface area contributed by atoms with Crippen molar-refractivity contribution in [3.05, 3.63) is 27.6 Å². The first-order valence-corrected chi connectivity index (χ1v) is 8.05. The lowest BCUT2D eigenvalue weighted by molar-refractivity contribution is -0.141. The van der Waals surface area contributed by atoms with Crippen LogP contribution < -0.4 is 5.32 Å². The van der Waals surface area contributed by atoms with Crippen LogP contribution in [-0.4, -0.2) is 46.1 Å². The average molecular weight is 410 g/mol. The van der Waals surface area contributed by atoms with Gasteiger partial charge >= 0.3 is 12.0 Å². The zero-order valence-corrected chi connectivity index (χ0v) is 13.3. The molecule has 0 radical (unpaired) electrons. The van der Waals surface area contributed by atoms with Crippen molar-refractivity contribution in [1.29, 1.82) is 0 Å². The lowest BCUT2D eigenvalue weighted by atomic mass is 10.3. The Labute approximate surface area is 133 Å². The minimum Gasteiger partial charge on any atom is -0.480 e. The number of carboxylic acid groups (broad SMARTS) is 1. The maximum absolute atomic E-state index is 13.0. The van der Waals surface area contributed by atoms with Crippen molar-refractivity contribution in [3.63, 3.8) is 0 Å². The third kappa shape index (κ3) is 3.54. The van der Waals surface area contributed by atoms with E-state index in [1.807, 2.05) is 22.6 Å². The smallest absolute Gasteiger partial charge is 0.327 e. The number of thioether (sulfide) groups is 1. The highest BCUT2D eigenvalue weighted by molar-refractivity contribution is 14.1. The number of amides is 2. The molecule has 1 heterocycles. The number of carboxylic acids is 1. The average Bonchev–Trinajstić information content (AvgIpc) is 2.41. The van der Waals surface area contributed by atoms with Gasteiger partial charge in [0.15, 0.2) is 0 Å². The standard InChI is InChI=1S/C12H12FIN2O3S/c13-7-1-2-9(8(14)5-7)15-12(19)16-3-4-20-6-10(16)11(17)18/h1-2,5,10H,3-4,6H2,(H,15,19)(H,17,18). The van der Waals surface area contributed by atoms with E-state index in [1.54, 1.807) is 0 Å². The summed E-state index contributed by atoms with van der Waals surface area (Å²) < 4.78 is 13.6. The molecule has 1 aliphatic heterocycles. The fraction of sp³-hybridized carbons (Fsp3) is 0.333. The Hall–Kier alpha value is -1.03. The zero-order valence-electron chi connectivity index (χ0n) is 10.3. The van der Waals surface area contributed by atoms with Gasteiger partial charge in [-0.25, -0.2) is 14.0 Å². The molecule has 1 unspecified atom stereocenters. The molecule has 5 nitrogen and oxygen atoms in total. The summed E-state index contributed by atoms with van der Waals surface area (Å²) in [4.78, 5) is 24.6. The van der Waals surface area contributed by atoms with Gasteiger partial charge in [-0.1, -0.05) is 0 Å². The normalized spacial score (nSPS) is 18.7. The van der Waals surface area contributed by atoms with Gasteiger partial charge < -0.3 is 15.3 Å². The van der Waals surface area contributed by atoms with Gasteiger partial charge in [0.2, 0.25) is 0 Å². The second-order valence-corrected chi connectivity index (χ2v) is 6.49. The molecule has 1 aliphatic rings. The van der Waals surface area contributed by atoms with Gasteiger partial charge in [-0.15, -0.1) is 0 Å².